The molecule has 0 radical (unpaired) electrons. The summed E-state index contributed by atoms with van der Waals surface area (Å²) in [6.45, 7) is 6.99. The number of piperidine rings is 1. The predicted octanol–water partition coefficient (Wildman–Crippen LogP) is 2.55. The zero-order valence-corrected chi connectivity index (χ0v) is 17.0. The van der Waals surface area contributed by atoms with Crippen LogP contribution in [0.3, 0.4) is 0 Å². The number of nitrogens with one attached hydrogen (secondary N) is 1. The molecule has 1 saturated heterocycles. The monoisotopic (exact) mass is 425 g/mol. The SMILES string of the molecule is CC(C)Oc1cc(Br)ccc1C(=O)NCCCN1CCCC(C(N)=O)C1. The molecule has 1 heterocycles. The van der Waals surface area contributed by atoms with E-state index in [-0.39, 0.29) is 23.8 Å². The molecular weight excluding hydrogens is 398 g/mol. The van der Waals surface area contributed by atoms with Crippen molar-refractivity contribution in [3.05, 3.63) is 28.2 Å². The maximum absolute atomic E-state index is 12.5. The maximum atomic E-state index is 12.5. The molecule has 26 heavy (non-hydrogen) atoms. The number of primary amides is 1. The highest BCUT2D eigenvalue weighted by atomic mass is 79.9. The summed E-state index contributed by atoms with van der Waals surface area (Å²) in [4.78, 5) is 26.0. The van der Waals surface area contributed by atoms with Crippen LogP contribution in [0.4, 0.5) is 0 Å². The first-order valence-electron chi connectivity index (χ1n) is 9.13. The second-order valence-electron chi connectivity index (χ2n) is 6.96. The van der Waals surface area contributed by atoms with Gasteiger partial charge in [-0.15, -0.1) is 0 Å². The van der Waals surface area contributed by atoms with Crippen LogP contribution < -0.4 is 15.8 Å². The highest BCUT2D eigenvalue weighted by Crippen LogP contribution is 2.25. The Morgan fingerprint density at radius 3 is 2.88 bits per heavy atom. The Kier molecular flexibility index (Phi) is 7.90. The van der Waals surface area contributed by atoms with Crippen molar-refractivity contribution >= 4 is 27.7 Å². The molecule has 6 nitrogen and oxygen atoms in total. The molecule has 1 fully saturated rings. The van der Waals surface area contributed by atoms with Crippen LogP contribution >= 0.6 is 15.9 Å². The summed E-state index contributed by atoms with van der Waals surface area (Å²) < 4.78 is 6.61. The molecule has 0 spiro atoms. The van der Waals surface area contributed by atoms with Crippen molar-refractivity contribution in [1.82, 2.24) is 10.2 Å². The molecule has 1 unspecified atom stereocenters. The molecule has 144 valence electrons. The van der Waals surface area contributed by atoms with E-state index in [2.05, 4.69) is 26.1 Å². The van der Waals surface area contributed by atoms with Gasteiger partial charge in [-0.05, 0) is 64.4 Å². The van der Waals surface area contributed by atoms with Crippen molar-refractivity contribution in [3.8, 4) is 5.75 Å². The number of likely N-dealkylation sites (tertiary alicyclic amines) is 1. The first-order chi connectivity index (χ1) is 12.4. The molecule has 1 atom stereocenters. The van der Waals surface area contributed by atoms with Gasteiger partial charge < -0.3 is 20.7 Å². The third-order valence-corrected chi connectivity index (χ3v) is 4.89. The summed E-state index contributed by atoms with van der Waals surface area (Å²) >= 11 is 3.41. The number of hydrogen-bond donors (Lipinski definition) is 2. The van der Waals surface area contributed by atoms with Gasteiger partial charge in [0.15, 0.2) is 0 Å². The zero-order valence-electron chi connectivity index (χ0n) is 15.5. The molecule has 1 aromatic carbocycles. The number of ether oxygens (including phenoxy) is 1. The summed E-state index contributed by atoms with van der Waals surface area (Å²) in [7, 11) is 0. The van der Waals surface area contributed by atoms with Gasteiger partial charge in [0.2, 0.25) is 5.91 Å². The molecule has 0 bridgehead atoms. The van der Waals surface area contributed by atoms with Crippen molar-refractivity contribution in [1.29, 1.82) is 0 Å². The van der Waals surface area contributed by atoms with E-state index in [4.69, 9.17) is 10.5 Å². The molecule has 1 aliphatic heterocycles. The number of nitrogens with two attached hydrogens (primary N) is 1. The van der Waals surface area contributed by atoms with Gasteiger partial charge in [0.25, 0.3) is 5.91 Å². The third kappa shape index (κ3) is 6.29. The van der Waals surface area contributed by atoms with Crippen molar-refractivity contribution < 1.29 is 14.3 Å². The van der Waals surface area contributed by atoms with Crippen molar-refractivity contribution in [2.24, 2.45) is 11.7 Å². The second kappa shape index (κ2) is 9.92. The van der Waals surface area contributed by atoms with Gasteiger partial charge in [-0.3, -0.25) is 9.59 Å². The van der Waals surface area contributed by atoms with Gasteiger partial charge in [-0.1, -0.05) is 15.9 Å². The molecule has 0 aliphatic carbocycles. The van der Waals surface area contributed by atoms with Gasteiger partial charge in [-0.25, -0.2) is 0 Å². The number of carbonyl (C=O) groups is 2. The molecule has 1 aromatic rings. The number of hydrogen-bond acceptors (Lipinski definition) is 4. The lowest BCUT2D eigenvalue weighted by Crippen LogP contribution is -2.42. The molecule has 3 N–H and O–H groups in total. The normalized spacial score (nSPS) is 17.9. The predicted molar refractivity (Wildman–Crippen MR) is 105 cm³/mol. The average Bonchev–Trinajstić information content (AvgIpc) is 2.58. The Balaban J connectivity index is 1.81. The molecule has 0 aromatic heterocycles. The Labute approximate surface area is 163 Å². The molecule has 0 saturated carbocycles. The van der Waals surface area contributed by atoms with Crippen LogP contribution in [0, 0.1) is 5.92 Å². The smallest absolute Gasteiger partial charge is 0.255 e. The number of nitrogens with zero attached hydrogens (tertiary/aromatic N) is 1. The molecule has 7 heteroatoms. The van der Waals surface area contributed by atoms with E-state index < -0.39 is 0 Å². The highest BCUT2D eigenvalue weighted by Gasteiger charge is 2.23. The van der Waals surface area contributed by atoms with Crippen LogP contribution in [0.25, 0.3) is 0 Å². The lowest BCUT2D eigenvalue weighted by Gasteiger charge is -2.31. The van der Waals surface area contributed by atoms with Gasteiger partial charge in [0, 0.05) is 17.6 Å². The van der Waals surface area contributed by atoms with E-state index in [1.807, 2.05) is 26.0 Å². The number of halogens is 1. The highest BCUT2D eigenvalue weighted by molar-refractivity contribution is 9.10. The van der Waals surface area contributed by atoms with Gasteiger partial charge in [0.1, 0.15) is 5.75 Å². The van der Waals surface area contributed by atoms with Crippen molar-refractivity contribution in [2.45, 2.75) is 39.2 Å². The summed E-state index contributed by atoms with van der Waals surface area (Å²) in [6.07, 6.45) is 2.70. The van der Waals surface area contributed by atoms with Crippen LogP contribution in [-0.2, 0) is 4.79 Å². The van der Waals surface area contributed by atoms with Crippen LogP contribution in [0.1, 0.15) is 43.5 Å². The number of benzene rings is 1. The standard InChI is InChI=1S/C19H28BrN3O3/c1-13(2)26-17-11-15(20)6-7-16(17)19(25)22-8-4-10-23-9-3-5-14(12-23)18(21)24/h6-7,11,13-14H,3-5,8-10,12H2,1-2H3,(H2,21,24)(H,22,25). The van der Waals surface area contributed by atoms with E-state index >= 15 is 0 Å². The van der Waals surface area contributed by atoms with E-state index in [9.17, 15) is 9.59 Å². The first kappa shape index (κ1) is 20.7. The number of rotatable bonds is 8. The maximum Gasteiger partial charge on any atom is 0.255 e. The van der Waals surface area contributed by atoms with Gasteiger partial charge in [0.05, 0.1) is 17.6 Å². The quantitative estimate of drug-likeness (QED) is 0.626. The van der Waals surface area contributed by atoms with E-state index in [0.29, 0.717) is 17.9 Å². The van der Waals surface area contributed by atoms with Crippen LogP contribution in [0.5, 0.6) is 5.75 Å². The minimum Gasteiger partial charge on any atom is -0.490 e. The summed E-state index contributed by atoms with van der Waals surface area (Å²) in [6, 6.07) is 5.41. The van der Waals surface area contributed by atoms with E-state index in [0.717, 1.165) is 43.4 Å². The van der Waals surface area contributed by atoms with Gasteiger partial charge in [-0.2, -0.15) is 0 Å². The fourth-order valence-corrected chi connectivity index (χ4v) is 3.47. The van der Waals surface area contributed by atoms with Crippen molar-refractivity contribution in [3.63, 3.8) is 0 Å². The fourth-order valence-electron chi connectivity index (χ4n) is 3.13. The summed E-state index contributed by atoms with van der Waals surface area (Å²) in [5, 5.41) is 2.95. The number of amides is 2. The Bertz CT molecular complexity index is 636. The van der Waals surface area contributed by atoms with Crippen LogP contribution in [-0.4, -0.2) is 49.0 Å². The van der Waals surface area contributed by atoms with Crippen molar-refractivity contribution in [2.75, 3.05) is 26.2 Å². The Morgan fingerprint density at radius 1 is 1.42 bits per heavy atom. The largest absolute Gasteiger partial charge is 0.490 e. The topological polar surface area (TPSA) is 84.7 Å². The van der Waals surface area contributed by atoms with Crippen LogP contribution in [0.2, 0.25) is 0 Å². The average molecular weight is 426 g/mol. The molecule has 1 aliphatic rings. The minimum absolute atomic E-state index is 0.00634. The molecule has 2 rings (SSSR count). The molecule has 2 amide bonds. The van der Waals surface area contributed by atoms with Gasteiger partial charge >= 0.3 is 0 Å². The first-order valence-corrected chi connectivity index (χ1v) is 9.92. The zero-order chi connectivity index (χ0) is 19.1. The molecular formula is C19H28BrN3O3. The lowest BCUT2D eigenvalue weighted by atomic mass is 9.97. The fraction of sp³-hybridized carbons (Fsp3) is 0.579. The third-order valence-electron chi connectivity index (χ3n) is 4.40. The summed E-state index contributed by atoms with van der Waals surface area (Å²) in [5.74, 6) is 0.182. The minimum atomic E-state index is -0.212. The van der Waals surface area contributed by atoms with E-state index in [1.165, 1.54) is 0 Å². The van der Waals surface area contributed by atoms with E-state index in [1.54, 1.807) is 6.07 Å². The summed E-state index contributed by atoms with van der Waals surface area (Å²) in [5.41, 5.74) is 5.95. The number of carbonyl (C=O) groups excluding carboxylic acids is 2. The lowest BCUT2D eigenvalue weighted by molar-refractivity contribution is -0.123. The second-order valence-corrected chi connectivity index (χ2v) is 7.87. The Morgan fingerprint density at radius 2 is 2.19 bits per heavy atom. The van der Waals surface area contributed by atoms with Crippen LogP contribution in [0.15, 0.2) is 22.7 Å². The Hall–Kier alpha value is -1.60.